The molecule has 26 heavy (non-hydrogen) atoms. The van der Waals surface area contributed by atoms with Crippen molar-refractivity contribution >= 4 is 16.6 Å². The molecular weight excluding hydrogens is 334 g/mol. The van der Waals surface area contributed by atoms with Crippen molar-refractivity contribution in [2.24, 2.45) is 0 Å². The molecule has 0 saturated carbocycles. The summed E-state index contributed by atoms with van der Waals surface area (Å²) in [6.07, 6.45) is 2.60. The Morgan fingerprint density at radius 3 is 2.96 bits per heavy atom. The average molecular weight is 351 g/mol. The lowest BCUT2D eigenvalue weighted by atomic mass is 10.0. The first kappa shape index (κ1) is 15.3. The highest BCUT2D eigenvalue weighted by atomic mass is 16.5. The molecule has 8 heteroatoms. The first-order chi connectivity index (χ1) is 12.6. The van der Waals surface area contributed by atoms with Gasteiger partial charge in [0.15, 0.2) is 0 Å². The van der Waals surface area contributed by atoms with Gasteiger partial charge in [-0.05, 0) is 19.4 Å². The third-order valence-corrected chi connectivity index (χ3v) is 5.12. The molecule has 0 aliphatic carbocycles. The highest BCUT2D eigenvalue weighted by Gasteiger charge is 2.32. The third-order valence-electron chi connectivity index (χ3n) is 5.12. The van der Waals surface area contributed by atoms with E-state index in [0.717, 1.165) is 16.7 Å². The minimum Gasteiger partial charge on any atom is -0.618 e. The van der Waals surface area contributed by atoms with Crippen molar-refractivity contribution in [1.29, 1.82) is 0 Å². The Morgan fingerprint density at radius 1 is 1.31 bits per heavy atom. The summed E-state index contributed by atoms with van der Waals surface area (Å²) in [5.41, 5.74) is 3.14. The second kappa shape index (κ2) is 5.50. The van der Waals surface area contributed by atoms with Gasteiger partial charge in [-0.15, -0.1) is 0 Å². The van der Waals surface area contributed by atoms with Crippen molar-refractivity contribution < 1.29 is 14.0 Å². The minimum absolute atomic E-state index is 0.0523. The van der Waals surface area contributed by atoms with Crippen molar-refractivity contribution in [3.05, 3.63) is 47.4 Å². The van der Waals surface area contributed by atoms with Gasteiger partial charge in [-0.2, -0.15) is 9.71 Å². The van der Waals surface area contributed by atoms with E-state index in [4.69, 9.17) is 9.26 Å². The maximum absolute atomic E-state index is 12.7. The summed E-state index contributed by atoms with van der Waals surface area (Å²) < 4.78 is 13.9. The molecule has 0 N–H and O–H groups in total. The Bertz CT molecular complexity index is 1130. The van der Waals surface area contributed by atoms with Gasteiger partial charge in [0.25, 0.3) is 0 Å². The average Bonchev–Trinajstić information content (AvgIpc) is 3.38. The van der Waals surface area contributed by atoms with Crippen LogP contribution in [0.3, 0.4) is 0 Å². The van der Waals surface area contributed by atoms with E-state index in [0.29, 0.717) is 40.7 Å². The van der Waals surface area contributed by atoms with Gasteiger partial charge in [0.2, 0.25) is 22.9 Å². The number of aromatic nitrogens is 5. The quantitative estimate of drug-likeness (QED) is 0.407. The molecule has 0 bridgehead atoms. The van der Waals surface area contributed by atoms with Gasteiger partial charge in [0, 0.05) is 19.6 Å². The van der Waals surface area contributed by atoms with Crippen LogP contribution in [0.25, 0.3) is 28.1 Å². The number of nitrogens with zero attached hydrogens (tertiary/aromatic N) is 5. The highest BCUT2D eigenvalue weighted by molar-refractivity contribution is 5.82. The number of aryl methyl sites for hydroxylation is 1. The standard InChI is InChI=1S/C18H17N5O3/c1-10-16-15(17-20-18(26-21-17)12-7-8-25-11(12)2)19-9-22(16)13-5-3-4-6-14(13)23(10)24/h3-6,9,11-12H,7-8H2,1-2H3. The molecule has 0 spiro atoms. The first-order valence-electron chi connectivity index (χ1n) is 8.58. The van der Waals surface area contributed by atoms with Crippen LogP contribution in [0.4, 0.5) is 0 Å². The van der Waals surface area contributed by atoms with Crippen LogP contribution in [-0.2, 0) is 4.74 Å². The lowest BCUT2D eigenvalue weighted by Crippen LogP contribution is -2.32. The summed E-state index contributed by atoms with van der Waals surface area (Å²) in [4.78, 5) is 9.01. The number of imidazole rings is 1. The van der Waals surface area contributed by atoms with Crippen LogP contribution in [0.5, 0.6) is 0 Å². The maximum Gasteiger partial charge on any atom is 0.241 e. The Balaban J connectivity index is 1.70. The van der Waals surface area contributed by atoms with Crippen LogP contribution < -0.4 is 4.73 Å². The van der Waals surface area contributed by atoms with E-state index in [1.54, 1.807) is 19.3 Å². The molecule has 4 aromatic rings. The Morgan fingerprint density at radius 2 is 2.15 bits per heavy atom. The van der Waals surface area contributed by atoms with Crippen LogP contribution >= 0.6 is 0 Å². The molecule has 8 nitrogen and oxygen atoms in total. The fourth-order valence-corrected chi connectivity index (χ4v) is 3.69. The number of ether oxygens (including phenoxy) is 1. The number of hydrogen-bond donors (Lipinski definition) is 0. The summed E-state index contributed by atoms with van der Waals surface area (Å²) in [6, 6.07) is 7.42. The molecule has 132 valence electrons. The highest BCUT2D eigenvalue weighted by Crippen LogP contribution is 2.32. The van der Waals surface area contributed by atoms with Gasteiger partial charge in [-0.1, -0.05) is 17.3 Å². The van der Waals surface area contributed by atoms with E-state index in [1.165, 1.54) is 0 Å². The summed E-state index contributed by atoms with van der Waals surface area (Å²) in [5.74, 6) is 1.04. The zero-order valence-electron chi connectivity index (χ0n) is 14.4. The van der Waals surface area contributed by atoms with E-state index >= 15 is 0 Å². The molecule has 2 atom stereocenters. The largest absolute Gasteiger partial charge is 0.618 e. The van der Waals surface area contributed by atoms with Gasteiger partial charge in [-0.25, -0.2) is 4.98 Å². The van der Waals surface area contributed by atoms with Gasteiger partial charge in [-0.3, -0.25) is 4.40 Å². The lowest BCUT2D eigenvalue weighted by Gasteiger charge is -2.08. The SMILES string of the molecule is Cc1c2c(-c3noc(C4CCOC4C)n3)ncn2c2ccccc2[n+]1[O-]. The van der Waals surface area contributed by atoms with Crippen LogP contribution in [0, 0.1) is 12.1 Å². The first-order valence-corrected chi connectivity index (χ1v) is 8.58. The predicted molar refractivity (Wildman–Crippen MR) is 92.5 cm³/mol. The zero-order valence-corrected chi connectivity index (χ0v) is 14.4. The number of para-hydroxylation sites is 2. The van der Waals surface area contributed by atoms with Gasteiger partial charge >= 0.3 is 0 Å². The fourth-order valence-electron chi connectivity index (χ4n) is 3.69. The lowest BCUT2D eigenvalue weighted by molar-refractivity contribution is -0.583. The van der Waals surface area contributed by atoms with Crippen molar-refractivity contribution in [3.8, 4) is 11.5 Å². The van der Waals surface area contributed by atoms with Gasteiger partial charge < -0.3 is 14.5 Å². The van der Waals surface area contributed by atoms with Crippen LogP contribution in [0.15, 0.2) is 35.1 Å². The van der Waals surface area contributed by atoms with Crippen molar-refractivity contribution in [2.45, 2.75) is 32.3 Å². The van der Waals surface area contributed by atoms with Gasteiger partial charge in [0.1, 0.15) is 23.1 Å². The number of benzene rings is 1. The van der Waals surface area contributed by atoms with Crippen molar-refractivity contribution in [1.82, 2.24) is 19.5 Å². The number of rotatable bonds is 2. The van der Waals surface area contributed by atoms with E-state index in [2.05, 4.69) is 15.1 Å². The molecule has 2 unspecified atom stereocenters. The summed E-state index contributed by atoms with van der Waals surface area (Å²) in [6.45, 7) is 4.47. The second-order valence-electron chi connectivity index (χ2n) is 6.61. The topological polar surface area (TPSA) is 92.4 Å². The Hall–Kier alpha value is -3.00. The minimum atomic E-state index is 0.0523. The van der Waals surface area contributed by atoms with E-state index < -0.39 is 0 Å². The number of fused-ring (bicyclic) bond motifs is 3. The van der Waals surface area contributed by atoms with Gasteiger partial charge in [0.05, 0.1) is 12.0 Å². The Kier molecular flexibility index (Phi) is 3.23. The molecule has 1 aliphatic rings. The fraction of sp³-hybridized carbons (Fsp3) is 0.333. The van der Waals surface area contributed by atoms with E-state index in [1.807, 2.05) is 29.5 Å². The molecule has 5 rings (SSSR count). The molecule has 1 aromatic carbocycles. The van der Waals surface area contributed by atoms with Crippen molar-refractivity contribution in [2.75, 3.05) is 6.61 Å². The maximum atomic E-state index is 12.7. The molecule has 1 fully saturated rings. The molecule has 1 saturated heterocycles. The van der Waals surface area contributed by atoms with Crippen molar-refractivity contribution in [3.63, 3.8) is 0 Å². The zero-order chi connectivity index (χ0) is 17.8. The molecule has 1 aliphatic heterocycles. The van der Waals surface area contributed by atoms with Crippen LogP contribution in [0.1, 0.15) is 30.8 Å². The predicted octanol–water partition coefficient (Wildman–Crippen LogP) is 2.37. The molecule has 3 aromatic heterocycles. The number of hydrogen-bond acceptors (Lipinski definition) is 6. The molecule has 0 amide bonds. The summed E-state index contributed by atoms with van der Waals surface area (Å²) in [7, 11) is 0. The monoisotopic (exact) mass is 351 g/mol. The molecule has 0 radical (unpaired) electrons. The van der Waals surface area contributed by atoms with Crippen LogP contribution in [-0.4, -0.2) is 32.2 Å². The second-order valence-corrected chi connectivity index (χ2v) is 6.61. The Labute approximate surface area is 148 Å². The molecular formula is C18H17N5O3. The third kappa shape index (κ3) is 2.05. The molecule has 4 heterocycles. The summed E-state index contributed by atoms with van der Waals surface area (Å²) >= 11 is 0. The smallest absolute Gasteiger partial charge is 0.241 e. The van der Waals surface area contributed by atoms with E-state index in [9.17, 15) is 5.21 Å². The van der Waals surface area contributed by atoms with E-state index in [-0.39, 0.29) is 12.0 Å². The normalized spacial score (nSPS) is 20.4. The van der Waals surface area contributed by atoms with Crippen LogP contribution in [0.2, 0.25) is 0 Å². The summed E-state index contributed by atoms with van der Waals surface area (Å²) in [5, 5.41) is 16.8.